The van der Waals surface area contributed by atoms with E-state index in [2.05, 4.69) is 19.7 Å². The fraction of sp³-hybridized carbons (Fsp3) is 0. The summed E-state index contributed by atoms with van der Waals surface area (Å²) in [6.45, 7) is 9.45. The summed E-state index contributed by atoms with van der Waals surface area (Å²) < 4.78 is 0. The van der Waals surface area contributed by atoms with Crippen LogP contribution in [0.1, 0.15) is 0 Å². The van der Waals surface area contributed by atoms with Crippen molar-refractivity contribution in [3.8, 4) is 0 Å². The van der Waals surface area contributed by atoms with Crippen LogP contribution in [-0.2, 0) is 14.4 Å². The number of amides is 3. The van der Waals surface area contributed by atoms with Crippen molar-refractivity contribution in [1.82, 2.24) is 4.90 Å². The van der Waals surface area contributed by atoms with E-state index in [1.54, 1.807) is 0 Å². The maximum absolute atomic E-state index is 11.0. The Morgan fingerprint density at radius 3 is 1.15 bits per heavy atom. The van der Waals surface area contributed by atoms with E-state index < -0.39 is 17.7 Å². The van der Waals surface area contributed by atoms with Crippen molar-refractivity contribution < 1.29 is 14.4 Å². The molecule has 0 aromatic rings. The Morgan fingerprint density at radius 2 is 1.00 bits per heavy atom. The predicted molar refractivity (Wildman–Crippen MR) is 47.5 cm³/mol. The van der Waals surface area contributed by atoms with Crippen LogP contribution in [0.4, 0.5) is 0 Å². The maximum atomic E-state index is 11.0. The average Bonchev–Trinajstić information content (AvgIpc) is 2.16. The molecular weight excluding hydrogens is 170 g/mol. The second-order valence-electron chi connectivity index (χ2n) is 1.96. The molecule has 0 aromatic heterocycles. The van der Waals surface area contributed by atoms with E-state index in [0.29, 0.717) is 4.90 Å². The molecular formula is C9H9NO3. The molecule has 13 heavy (non-hydrogen) atoms. The van der Waals surface area contributed by atoms with Gasteiger partial charge < -0.3 is 0 Å². The molecule has 0 radical (unpaired) electrons. The highest BCUT2D eigenvalue weighted by molar-refractivity contribution is 6.19. The SMILES string of the molecule is C=CC(=O)N(C(=O)C=C)C(=O)C=C. The van der Waals surface area contributed by atoms with E-state index in [0.717, 1.165) is 18.2 Å². The molecule has 0 aliphatic carbocycles. The van der Waals surface area contributed by atoms with Crippen molar-refractivity contribution in [2.45, 2.75) is 0 Å². The number of hydrogen-bond donors (Lipinski definition) is 0. The van der Waals surface area contributed by atoms with Gasteiger partial charge in [0.05, 0.1) is 0 Å². The van der Waals surface area contributed by atoms with E-state index in [-0.39, 0.29) is 0 Å². The van der Waals surface area contributed by atoms with Gasteiger partial charge in [0.15, 0.2) is 0 Å². The van der Waals surface area contributed by atoms with Crippen LogP contribution >= 0.6 is 0 Å². The third-order valence-electron chi connectivity index (χ3n) is 1.19. The molecule has 0 unspecified atom stereocenters. The highest BCUT2D eigenvalue weighted by Gasteiger charge is 2.21. The molecule has 0 fully saturated rings. The largest absolute Gasteiger partial charge is 0.269 e. The summed E-state index contributed by atoms with van der Waals surface area (Å²) in [6.07, 6.45) is 2.59. The molecule has 0 aromatic carbocycles. The molecule has 0 N–H and O–H groups in total. The first-order valence-corrected chi connectivity index (χ1v) is 3.37. The van der Waals surface area contributed by atoms with Crippen LogP contribution in [0.25, 0.3) is 0 Å². The van der Waals surface area contributed by atoms with Gasteiger partial charge >= 0.3 is 0 Å². The zero-order chi connectivity index (χ0) is 10.4. The lowest BCUT2D eigenvalue weighted by Gasteiger charge is -2.12. The Balaban J connectivity index is 4.95. The fourth-order valence-electron chi connectivity index (χ4n) is 0.600. The van der Waals surface area contributed by atoms with Gasteiger partial charge in [0.25, 0.3) is 17.7 Å². The number of hydrogen-bond acceptors (Lipinski definition) is 3. The summed E-state index contributed by atoms with van der Waals surface area (Å²) in [5.74, 6) is -2.39. The minimum Gasteiger partial charge on any atom is -0.269 e. The molecule has 0 saturated heterocycles. The summed E-state index contributed by atoms with van der Waals surface area (Å²) in [7, 11) is 0. The topological polar surface area (TPSA) is 54.5 Å². The molecule has 4 nitrogen and oxygen atoms in total. The Morgan fingerprint density at radius 1 is 0.769 bits per heavy atom. The van der Waals surface area contributed by atoms with Crippen molar-refractivity contribution in [3.05, 3.63) is 38.0 Å². The first-order chi connectivity index (χ1) is 6.08. The van der Waals surface area contributed by atoms with E-state index >= 15 is 0 Å². The van der Waals surface area contributed by atoms with Gasteiger partial charge in [-0.2, -0.15) is 0 Å². The molecule has 0 aliphatic rings. The van der Waals surface area contributed by atoms with Gasteiger partial charge in [-0.1, -0.05) is 19.7 Å². The van der Waals surface area contributed by atoms with Crippen LogP contribution in [0, 0.1) is 0 Å². The standard InChI is InChI=1S/C9H9NO3/c1-4-7(11)10(8(12)5-2)9(13)6-3/h4-6H,1-3H2. The van der Waals surface area contributed by atoms with Crippen LogP contribution in [0.15, 0.2) is 38.0 Å². The number of imide groups is 3. The summed E-state index contributed by atoms with van der Waals surface area (Å²) in [4.78, 5) is 33.3. The van der Waals surface area contributed by atoms with Crippen molar-refractivity contribution in [3.63, 3.8) is 0 Å². The smallest absolute Gasteiger partial charge is 0.259 e. The van der Waals surface area contributed by atoms with Gasteiger partial charge in [0.1, 0.15) is 0 Å². The first kappa shape index (κ1) is 11.0. The van der Waals surface area contributed by atoms with Gasteiger partial charge in [0, 0.05) is 0 Å². The van der Waals surface area contributed by atoms with E-state index in [4.69, 9.17) is 0 Å². The minimum absolute atomic E-state index is 0.396. The molecule has 0 bridgehead atoms. The number of rotatable bonds is 3. The highest BCUT2D eigenvalue weighted by atomic mass is 16.2. The lowest BCUT2D eigenvalue weighted by atomic mass is 10.4. The Kier molecular flexibility index (Phi) is 4.09. The zero-order valence-corrected chi connectivity index (χ0v) is 7.03. The number of carbonyl (C=O) groups excluding carboxylic acids is 3. The lowest BCUT2D eigenvalue weighted by Crippen LogP contribution is -2.38. The first-order valence-electron chi connectivity index (χ1n) is 3.37. The molecule has 68 valence electrons. The summed E-state index contributed by atoms with van der Waals surface area (Å²) in [5, 5.41) is 0. The molecule has 0 rings (SSSR count). The molecule has 0 aliphatic heterocycles. The number of carbonyl (C=O) groups is 3. The van der Waals surface area contributed by atoms with Crippen LogP contribution in [-0.4, -0.2) is 22.6 Å². The Labute approximate surface area is 75.8 Å². The maximum Gasteiger partial charge on any atom is 0.259 e. The average molecular weight is 179 g/mol. The highest BCUT2D eigenvalue weighted by Crippen LogP contribution is 1.95. The quantitative estimate of drug-likeness (QED) is 0.590. The molecule has 0 atom stereocenters. The monoisotopic (exact) mass is 179 g/mol. The molecule has 4 heteroatoms. The normalized spacial score (nSPS) is 8.31. The van der Waals surface area contributed by atoms with Crippen molar-refractivity contribution in [2.24, 2.45) is 0 Å². The van der Waals surface area contributed by atoms with E-state index in [1.165, 1.54) is 0 Å². The second-order valence-corrected chi connectivity index (χ2v) is 1.96. The van der Waals surface area contributed by atoms with Gasteiger partial charge in [-0.25, -0.2) is 4.90 Å². The van der Waals surface area contributed by atoms with Crippen molar-refractivity contribution in [1.29, 1.82) is 0 Å². The van der Waals surface area contributed by atoms with Crippen LogP contribution in [0.5, 0.6) is 0 Å². The Bertz CT molecular complexity index is 244. The van der Waals surface area contributed by atoms with Crippen molar-refractivity contribution >= 4 is 17.7 Å². The van der Waals surface area contributed by atoms with Crippen molar-refractivity contribution in [2.75, 3.05) is 0 Å². The minimum atomic E-state index is -0.796. The zero-order valence-electron chi connectivity index (χ0n) is 7.03. The van der Waals surface area contributed by atoms with Gasteiger partial charge in [-0.05, 0) is 18.2 Å². The van der Waals surface area contributed by atoms with Crippen LogP contribution in [0.2, 0.25) is 0 Å². The third-order valence-corrected chi connectivity index (χ3v) is 1.19. The predicted octanol–water partition coefficient (Wildman–Crippen LogP) is 0.426. The molecule has 0 heterocycles. The van der Waals surface area contributed by atoms with Gasteiger partial charge in [0.2, 0.25) is 0 Å². The second kappa shape index (κ2) is 4.82. The number of nitrogens with zero attached hydrogens (tertiary/aromatic N) is 1. The summed E-state index contributed by atoms with van der Waals surface area (Å²) >= 11 is 0. The molecule has 0 saturated carbocycles. The molecule has 0 spiro atoms. The summed E-state index contributed by atoms with van der Waals surface area (Å²) in [5.41, 5.74) is 0. The summed E-state index contributed by atoms with van der Waals surface area (Å²) in [6, 6.07) is 0. The van der Waals surface area contributed by atoms with Gasteiger partial charge in [-0.3, -0.25) is 14.4 Å². The van der Waals surface area contributed by atoms with E-state index in [1.807, 2.05) is 0 Å². The van der Waals surface area contributed by atoms with Crippen LogP contribution < -0.4 is 0 Å². The van der Waals surface area contributed by atoms with Crippen LogP contribution in [0.3, 0.4) is 0 Å². The third kappa shape index (κ3) is 2.52. The fourth-order valence-corrected chi connectivity index (χ4v) is 0.600. The van der Waals surface area contributed by atoms with E-state index in [9.17, 15) is 14.4 Å². The Hall–Kier alpha value is -1.97. The molecule has 3 amide bonds. The van der Waals surface area contributed by atoms with Gasteiger partial charge in [-0.15, -0.1) is 0 Å². The lowest BCUT2D eigenvalue weighted by molar-refractivity contribution is -0.147.